The molecule has 1 fully saturated rings. The summed E-state index contributed by atoms with van der Waals surface area (Å²) in [7, 11) is 1.79. The Morgan fingerprint density at radius 3 is 2.61 bits per heavy atom. The average Bonchev–Trinajstić information content (AvgIpc) is 2.47. The van der Waals surface area contributed by atoms with E-state index < -0.39 is 0 Å². The average molecular weight is 274 g/mol. The molecule has 1 unspecified atom stereocenters. The van der Waals surface area contributed by atoms with Gasteiger partial charge in [-0.2, -0.15) is 11.8 Å². The van der Waals surface area contributed by atoms with Crippen LogP contribution < -0.4 is 5.73 Å². The Morgan fingerprint density at radius 2 is 2.06 bits per heavy atom. The van der Waals surface area contributed by atoms with Crippen molar-refractivity contribution in [2.45, 2.75) is 56.9 Å². The first-order valence-electron chi connectivity index (χ1n) is 6.93. The molecule has 1 aliphatic heterocycles. The molecule has 0 aromatic rings. The third-order valence-corrected chi connectivity index (χ3v) is 5.31. The first-order chi connectivity index (χ1) is 8.29. The number of nitrogens with zero attached hydrogens (tertiary/aromatic N) is 1. The fourth-order valence-corrected chi connectivity index (χ4v) is 3.53. The summed E-state index contributed by atoms with van der Waals surface area (Å²) in [5, 5.41) is 0. The van der Waals surface area contributed by atoms with Crippen LogP contribution >= 0.6 is 11.8 Å². The first kappa shape index (κ1) is 16.3. The molecule has 3 nitrogen and oxygen atoms in total. The molecule has 0 radical (unpaired) electrons. The minimum Gasteiger partial charge on any atom is -0.379 e. The highest BCUT2D eigenvalue weighted by Crippen LogP contribution is 2.32. The Morgan fingerprint density at radius 1 is 1.39 bits per heavy atom. The van der Waals surface area contributed by atoms with Crippen LogP contribution in [-0.4, -0.2) is 53.8 Å². The van der Waals surface area contributed by atoms with Crippen molar-refractivity contribution >= 4 is 11.8 Å². The molecule has 1 heterocycles. The van der Waals surface area contributed by atoms with Crippen molar-refractivity contribution in [2.75, 3.05) is 32.5 Å². The zero-order valence-corrected chi connectivity index (χ0v) is 13.5. The van der Waals surface area contributed by atoms with E-state index in [0.29, 0.717) is 10.8 Å². The molecule has 0 spiro atoms. The van der Waals surface area contributed by atoms with E-state index in [1.54, 1.807) is 7.11 Å². The lowest BCUT2D eigenvalue weighted by atomic mass is 9.97. The predicted octanol–water partition coefficient (Wildman–Crippen LogP) is 2.35. The molecule has 0 saturated carbocycles. The van der Waals surface area contributed by atoms with E-state index in [4.69, 9.17) is 10.5 Å². The number of hydrogen-bond donors (Lipinski definition) is 1. The van der Waals surface area contributed by atoms with Gasteiger partial charge in [0.25, 0.3) is 0 Å². The van der Waals surface area contributed by atoms with Crippen LogP contribution in [0.3, 0.4) is 0 Å². The van der Waals surface area contributed by atoms with Crippen LogP contribution in [0, 0.1) is 0 Å². The molecule has 0 amide bonds. The second-order valence-corrected chi connectivity index (χ2v) is 8.25. The Labute approximate surface area is 117 Å². The van der Waals surface area contributed by atoms with Gasteiger partial charge in [-0.25, -0.2) is 0 Å². The number of methoxy groups -OCH3 is 1. The quantitative estimate of drug-likeness (QED) is 0.835. The second kappa shape index (κ2) is 6.60. The van der Waals surface area contributed by atoms with E-state index in [1.165, 1.54) is 12.2 Å². The van der Waals surface area contributed by atoms with Crippen LogP contribution in [-0.2, 0) is 4.74 Å². The van der Waals surface area contributed by atoms with E-state index in [-0.39, 0.29) is 5.60 Å². The lowest BCUT2D eigenvalue weighted by molar-refractivity contribution is -0.00696. The monoisotopic (exact) mass is 274 g/mol. The van der Waals surface area contributed by atoms with Gasteiger partial charge in [-0.3, -0.25) is 4.90 Å². The van der Waals surface area contributed by atoms with Crippen molar-refractivity contribution in [2.24, 2.45) is 5.73 Å². The first-order valence-corrected chi connectivity index (χ1v) is 7.91. The zero-order chi connectivity index (χ0) is 13.8. The number of thioether (sulfide) groups is 1. The van der Waals surface area contributed by atoms with Gasteiger partial charge in [0.1, 0.15) is 0 Å². The molecule has 1 aliphatic rings. The molecule has 108 valence electrons. The van der Waals surface area contributed by atoms with Crippen molar-refractivity contribution < 1.29 is 4.74 Å². The molecule has 1 saturated heterocycles. The fourth-order valence-electron chi connectivity index (χ4n) is 2.41. The van der Waals surface area contributed by atoms with Gasteiger partial charge in [-0.05, 0) is 33.2 Å². The van der Waals surface area contributed by atoms with E-state index in [9.17, 15) is 0 Å². The highest BCUT2D eigenvalue weighted by atomic mass is 32.2. The summed E-state index contributed by atoms with van der Waals surface area (Å²) in [6.45, 7) is 12.0. The SMILES string of the molecule is COC(C)(C)CC(CN)N1CCSC(C)(C)CC1. The Balaban J connectivity index is 2.60. The number of rotatable bonds is 5. The van der Waals surface area contributed by atoms with E-state index in [0.717, 1.165) is 26.1 Å². The van der Waals surface area contributed by atoms with Gasteiger partial charge in [-0.15, -0.1) is 0 Å². The lowest BCUT2D eigenvalue weighted by Gasteiger charge is -2.35. The van der Waals surface area contributed by atoms with Crippen molar-refractivity contribution in [1.29, 1.82) is 0 Å². The minimum absolute atomic E-state index is 0.0843. The van der Waals surface area contributed by atoms with Crippen molar-refractivity contribution in [3.63, 3.8) is 0 Å². The van der Waals surface area contributed by atoms with Crippen LogP contribution in [0.15, 0.2) is 0 Å². The summed E-state index contributed by atoms with van der Waals surface area (Å²) in [5.74, 6) is 1.21. The van der Waals surface area contributed by atoms with Gasteiger partial charge in [0.2, 0.25) is 0 Å². The molecular weight excluding hydrogens is 244 g/mol. The highest BCUT2D eigenvalue weighted by Gasteiger charge is 2.30. The molecule has 0 bridgehead atoms. The van der Waals surface area contributed by atoms with Crippen molar-refractivity contribution in [3.8, 4) is 0 Å². The lowest BCUT2D eigenvalue weighted by Crippen LogP contribution is -2.46. The number of nitrogens with two attached hydrogens (primary N) is 1. The Hall–Kier alpha value is 0.230. The molecule has 0 aromatic heterocycles. The zero-order valence-electron chi connectivity index (χ0n) is 12.7. The molecule has 2 N–H and O–H groups in total. The molecule has 18 heavy (non-hydrogen) atoms. The van der Waals surface area contributed by atoms with E-state index in [1.807, 2.05) is 0 Å². The maximum Gasteiger partial charge on any atom is 0.0638 e. The molecular formula is C14H30N2OS. The van der Waals surface area contributed by atoms with Gasteiger partial charge < -0.3 is 10.5 Å². The molecule has 0 aromatic carbocycles. The van der Waals surface area contributed by atoms with Gasteiger partial charge in [0, 0.05) is 36.7 Å². The third-order valence-electron chi connectivity index (χ3n) is 3.94. The van der Waals surface area contributed by atoms with Gasteiger partial charge in [-0.1, -0.05) is 13.8 Å². The fraction of sp³-hybridized carbons (Fsp3) is 1.00. The third kappa shape index (κ3) is 5.08. The van der Waals surface area contributed by atoms with Crippen LogP contribution in [0.4, 0.5) is 0 Å². The van der Waals surface area contributed by atoms with Crippen LogP contribution in [0.2, 0.25) is 0 Å². The van der Waals surface area contributed by atoms with Gasteiger partial charge >= 0.3 is 0 Å². The van der Waals surface area contributed by atoms with Crippen molar-refractivity contribution in [3.05, 3.63) is 0 Å². The summed E-state index contributed by atoms with van der Waals surface area (Å²) in [5.41, 5.74) is 5.90. The normalized spacial score (nSPS) is 23.7. The standard InChI is InChI=1S/C14H30N2OS/c1-13(2,17-5)10-12(11-15)16-7-6-14(3,4)18-9-8-16/h12H,6-11,15H2,1-5H3. The van der Waals surface area contributed by atoms with Gasteiger partial charge in [0.15, 0.2) is 0 Å². The van der Waals surface area contributed by atoms with Crippen LogP contribution in [0.5, 0.6) is 0 Å². The van der Waals surface area contributed by atoms with E-state index >= 15 is 0 Å². The molecule has 4 heteroatoms. The van der Waals surface area contributed by atoms with Crippen LogP contribution in [0.25, 0.3) is 0 Å². The maximum atomic E-state index is 5.98. The summed E-state index contributed by atoms with van der Waals surface area (Å²) in [6, 6.07) is 0.439. The molecule has 0 aliphatic carbocycles. The van der Waals surface area contributed by atoms with Crippen LogP contribution in [0.1, 0.15) is 40.5 Å². The van der Waals surface area contributed by atoms with E-state index in [2.05, 4.69) is 44.4 Å². The molecule has 1 atom stereocenters. The summed E-state index contributed by atoms with van der Waals surface area (Å²) in [4.78, 5) is 2.56. The summed E-state index contributed by atoms with van der Waals surface area (Å²) in [6.07, 6.45) is 2.24. The Bertz CT molecular complexity index is 256. The maximum absolute atomic E-state index is 5.98. The second-order valence-electron chi connectivity index (χ2n) is 6.45. The summed E-state index contributed by atoms with van der Waals surface area (Å²) >= 11 is 2.08. The predicted molar refractivity (Wildman–Crippen MR) is 81.3 cm³/mol. The largest absolute Gasteiger partial charge is 0.379 e. The van der Waals surface area contributed by atoms with Crippen molar-refractivity contribution in [1.82, 2.24) is 4.90 Å². The topological polar surface area (TPSA) is 38.5 Å². The number of hydrogen-bond acceptors (Lipinski definition) is 4. The number of ether oxygens (including phenoxy) is 1. The Kier molecular flexibility index (Phi) is 5.97. The van der Waals surface area contributed by atoms with Gasteiger partial charge in [0.05, 0.1) is 5.60 Å². The molecule has 1 rings (SSSR count). The smallest absolute Gasteiger partial charge is 0.0638 e. The minimum atomic E-state index is -0.0843. The highest BCUT2D eigenvalue weighted by molar-refractivity contribution is 8.00. The summed E-state index contributed by atoms with van der Waals surface area (Å²) < 4.78 is 5.95.